The van der Waals surface area contributed by atoms with Crippen LogP contribution in [-0.4, -0.2) is 89.9 Å². The molecule has 3 heterocycles. The zero-order valence-corrected chi connectivity index (χ0v) is 26.8. The first-order chi connectivity index (χ1) is 22.0. The van der Waals surface area contributed by atoms with Crippen LogP contribution in [0.25, 0.3) is 0 Å². The number of cyclic esters (lactones) is 1. The van der Waals surface area contributed by atoms with Crippen LogP contribution in [-0.2, 0) is 20.9 Å². The Balaban J connectivity index is 1.02. The first-order valence-electron chi connectivity index (χ1n) is 16.0. The van der Waals surface area contributed by atoms with Crippen molar-refractivity contribution in [2.45, 2.75) is 71.1 Å². The maximum absolute atomic E-state index is 13.2. The van der Waals surface area contributed by atoms with Crippen molar-refractivity contribution in [3.63, 3.8) is 0 Å². The summed E-state index contributed by atoms with van der Waals surface area (Å²) < 4.78 is 16.5. The highest BCUT2D eigenvalue weighted by Crippen LogP contribution is 2.33. The van der Waals surface area contributed by atoms with Crippen LogP contribution in [0.1, 0.15) is 68.8 Å². The number of ether oxygens (including phenoxy) is 3. The van der Waals surface area contributed by atoms with Gasteiger partial charge in [0.2, 0.25) is 5.91 Å². The third-order valence-corrected chi connectivity index (χ3v) is 8.52. The van der Waals surface area contributed by atoms with Crippen LogP contribution in [0.3, 0.4) is 0 Å². The summed E-state index contributed by atoms with van der Waals surface area (Å²) >= 11 is 0. The number of nitrogens with zero attached hydrogens (tertiary/aromatic N) is 3. The fourth-order valence-corrected chi connectivity index (χ4v) is 6.07. The third kappa shape index (κ3) is 8.02. The van der Waals surface area contributed by atoms with E-state index in [2.05, 4.69) is 5.32 Å². The van der Waals surface area contributed by atoms with Crippen LogP contribution >= 0.6 is 0 Å². The van der Waals surface area contributed by atoms with Gasteiger partial charge in [-0.3, -0.25) is 14.5 Å². The average Bonchev–Trinajstić information content (AvgIpc) is 3.03. The number of carbonyl (C=O) groups is 4. The molecule has 0 aliphatic carbocycles. The summed E-state index contributed by atoms with van der Waals surface area (Å²) in [6.45, 7) is 8.37. The minimum Gasteiger partial charge on any atom is -0.507 e. The standard InChI is InChI=1S/C34H44N4O8/c1-34(2,3)46-32(42)37-16-11-23(12-17-37)30(40)35-15-6-20-44-26-9-10-27(29(39)21-26)31(41)36-18-13-25(14-19-36)38-28-8-5-4-7-24(28)22-45-33(38)43/h4-5,7-10,21,23,25,39H,6,11-20,22H2,1-3H3,(H,35,40). The van der Waals surface area contributed by atoms with E-state index in [0.717, 1.165) is 11.3 Å². The van der Waals surface area contributed by atoms with Crippen molar-refractivity contribution < 1.29 is 38.5 Å². The zero-order valence-electron chi connectivity index (χ0n) is 26.8. The van der Waals surface area contributed by atoms with Crippen LogP contribution in [0, 0.1) is 5.92 Å². The van der Waals surface area contributed by atoms with Gasteiger partial charge in [-0.15, -0.1) is 0 Å². The molecular weight excluding hydrogens is 592 g/mol. The molecule has 3 aliphatic heterocycles. The van der Waals surface area contributed by atoms with Crippen molar-refractivity contribution >= 4 is 29.7 Å². The molecular formula is C34H44N4O8. The second-order valence-electron chi connectivity index (χ2n) is 13.0. The molecule has 2 aromatic carbocycles. The van der Waals surface area contributed by atoms with Gasteiger partial charge in [0.25, 0.3) is 5.91 Å². The number of phenolic OH excluding ortho intramolecular Hbond substituents is 1. The predicted octanol–water partition coefficient (Wildman–Crippen LogP) is 4.69. The summed E-state index contributed by atoms with van der Waals surface area (Å²) in [4.78, 5) is 55.7. The Morgan fingerprint density at radius 2 is 1.67 bits per heavy atom. The number of hydrogen-bond acceptors (Lipinski definition) is 8. The molecule has 12 heteroatoms. The summed E-state index contributed by atoms with van der Waals surface area (Å²) in [7, 11) is 0. The highest BCUT2D eigenvalue weighted by Gasteiger charge is 2.35. The van der Waals surface area contributed by atoms with Gasteiger partial charge in [-0.25, -0.2) is 9.59 Å². The lowest BCUT2D eigenvalue weighted by atomic mass is 9.96. The van der Waals surface area contributed by atoms with Crippen molar-refractivity contribution in [1.29, 1.82) is 0 Å². The molecule has 2 aromatic rings. The number of anilines is 1. The Labute approximate surface area is 269 Å². The van der Waals surface area contributed by atoms with E-state index in [9.17, 15) is 24.3 Å². The summed E-state index contributed by atoms with van der Waals surface area (Å²) in [5.74, 6) is -0.191. The van der Waals surface area contributed by atoms with Gasteiger partial charge in [0.05, 0.1) is 17.9 Å². The maximum Gasteiger partial charge on any atom is 0.414 e. The molecule has 0 unspecified atom stereocenters. The zero-order chi connectivity index (χ0) is 32.8. The molecule has 0 atom stereocenters. The SMILES string of the molecule is CC(C)(C)OC(=O)N1CCC(C(=O)NCCCOc2ccc(C(=O)N3CCC(N4C(=O)OCc5ccccc54)CC3)c(O)c2)CC1. The quantitative estimate of drug-likeness (QED) is 0.399. The molecule has 4 amide bonds. The Kier molecular flexibility index (Phi) is 10.2. The van der Waals surface area contributed by atoms with Crippen molar-refractivity contribution in [1.82, 2.24) is 15.1 Å². The van der Waals surface area contributed by atoms with E-state index in [4.69, 9.17) is 14.2 Å². The first-order valence-corrected chi connectivity index (χ1v) is 16.0. The van der Waals surface area contributed by atoms with Gasteiger partial charge in [-0.1, -0.05) is 18.2 Å². The highest BCUT2D eigenvalue weighted by atomic mass is 16.6. The fraction of sp³-hybridized carbons (Fsp3) is 0.529. The minimum atomic E-state index is -0.550. The molecule has 2 saturated heterocycles. The van der Waals surface area contributed by atoms with Gasteiger partial charge in [-0.2, -0.15) is 0 Å². The molecule has 0 bridgehead atoms. The number of carbonyl (C=O) groups excluding carboxylic acids is 4. The van der Waals surface area contributed by atoms with Gasteiger partial charge < -0.3 is 34.4 Å². The minimum absolute atomic E-state index is 0.0333. The normalized spacial score (nSPS) is 17.6. The van der Waals surface area contributed by atoms with Gasteiger partial charge >= 0.3 is 12.2 Å². The van der Waals surface area contributed by atoms with E-state index in [1.54, 1.807) is 26.8 Å². The number of amides is 4. The summed E-state index contributed by atoms with van der Waals surface area (Å²) in [6, 6.07) is 12.3. The Morgan fingerprint density at radius 3 is 2.37 bits per heavy atom. The molecule has 2 N–H and O–H groups in total. The monoisotopic (exact) mass is 636 g/mol. The topological polar surface area (TPSA) is 138 Å². The van der Waals surface area contributed by atoms with Crippen molar-refractivity contribution in [3.05, 3.63) is 53.6 Å². The van der Waals surface area contributed by atoms with Crippen LogP contribution in [0.2, 0.25) is 0 Å². The smallest absolute Gasteiger partial charge is 0.414 e. The van der Waals surface area contributed by atoms with E-state index >= 15 is 0 Å². The van der Waals surface area contributed by atoms with Crippen molar-refractivity contribution in [2.24, 2.45) is 5.92 Å². The second-order valence-corrected chi connectivity index (χ2v) is 13.0. The molecule has 12 nitrogen and oxygen atoms in total. The average molecular weight is 637 g/mol. The Hall–Kier alpha value is -4.48. The number of hydrogen-bond donors (Lipinski definition) is 2. The fourth-order valence-electron chi connectivity index (χ4n) is 6.07. The molecule has 0 radical (unpaired) electrons. The number of para-hydroxylation sites is 1. The number of fused-ring (bicyclic) bond motifs is 1. The van der Waals surface area contributed by atoms with Crippen LogP contribution in [0.5, 0.6) is 11.5 Å². The molecule has 46 heavy (non-hydrogen) atoms. The molecule has 248 valence electrons. The number of benzene rings is 2. The Morgan fingerprint density at radius 1 is 0.978 bits per heavy atom. The molecule has 0 spiro atoms. The van der Waals surface area contributed by atoms with Crippen molar-refractivity contribution in [3.8, 4) is 11.5 Å². The van der Waals surface area contributed by atoms with E-state index in [1.165, 1.54) is 6.07 Å². The number of nitrogens with one attached hydrogen (secondary N) is 1. The van der Waals surface area contributed by atoms with Gasteiger partial charge in [-0.05, 0) is 71.1 Å². The van der Waals surface area contributed by atoms with Crippen LogP contribution < -0.4 is 15.0 Å². The summed E-state index contributed by atoms with van der Waals surface area (Å²) in [5, 5.41) is 13.6. The van der Waals surface area contributed by atoms with Gasteiger partial charge in [0, 0.05) is 56.3 Å². The lowest BCUT2D eigenvalue weighted by molar-refractivity contribution is -0.126. The molecule has 0 saturated carbocycles. The van der Waals surface area contributed by atoms with E-state index in [-0.39, 0.29) is 53.9 Å². The lowest BCUT2D eigenvalue weighted by Crippen LogP contribution is -2.50. The van der Waals surface area contributed by atoms with Crippen molar-refractivity contribution in [2.75, 3.05) is 44.2 Å². The Bertz CT molecular complexity index is 1420. The first kappa shape index (κ1) is 32.9. The van der Waals surface area contributed by atoms with Gasteiger partial charge in [0.1, 0.15) is 23.7 Å². The number of phenols is 1. The van der Waals surface area contributed by atoms with Gasteiger partial charge in [0.15, 0.2) is 0 Å². The largest absolute Gasteiger partial charge is 0.507 e. The molecule has 5 rings (SSSR count). The lowest BCUT2D eigenvalue weighted by Gasteiger charge is -2.40. The summed E-state index contributed by atoms with van der Waals surface area (Å²) in [5.41, 5.74) is 1.47. The predicted molar refractivity (Wildman–Crippen MR) is 170 cm³/mol. The third-order valence-electron chi connectivity index (χ3n) is 8.52. The number of piperidine rings is 2. The van der Waals surface area contributed by atoms with Crippen LogP contribution in [0.15, 0.2) is 42.5 Å². The number of aromatic hydroxyl groups is 1. The van der Waals surface area contributed by atoms with Crippen LogP contribution in [0.4, 0.5) is 15.3 Å². The molecule has 3 aliphatic rings. The molecule has 0 aromatic heterocycles. The van der Waals surface area contributed by atoms with E-state index < -0.39 is 5.60 Å². The maximum atomic E-state index is 13.2. The molecule has 2 fully saturated rings. The number of likely N-dealkylation sites (tertiary alicyclic amines) is 2. The second kappa shape index (κ2) is 14.3. The van der Waals surface area contributed by atoms with E-state index in [1.807, 2.05) is 45.0 Å². The van der Waals surface area contributed by atoms with E-state index in [0.29, 0.717) is 77.2 Å². The number of rotatable bonds is 8. The highest BCUT2D eigenvalue weighted by molar-refractivity contribution is 5.97. The summed E-state index contributed by atoms with van der Waals surface area (Å²) in [6.07, 6.45) is 2.22.